The van der Waals surface area contributed by atoms with Gasteiger partial charge < -0.3 is 4.74 Å². The SMILES string of the molecule is [CH2]CCCOCC(Cl)CCl. The van der Waals surface area contributed by atoms with Crippen molar-refractivity contribution in [3.63, 3.8) is 0 Å². The van der Waals surface area contributed by atoms with E-state index in [0.717, 1.165) is 19.4 Å². The smallest absolute Gasteiger partial charge is 0.0704 e. The van der Waals surface area contributed by atoms with E-state index in [4.69, 9.17) is 27.9 Å². The molecule has 0 heterocycles. The maximum atomic E-state index is 5.67. The lowest BCUT2D eigenvalue weighted by molar-refractivity contribution is 0.135. The minimum atomic E-state index is -0.0496. The molecule has 0 aliphatic carbocycles. The monoisotopic (exact) mass is 183 g/mol. The number of hydrogen-bond acceptors (Lipinski definition) is 1. The van der Waals surface area contributed by atoms with Crippen LogP contribution in [0.25, 0.3) is 0 Å². The van der Waals surface area contributed by atoms with E-state index in [-0.39, 0.29) is 5.38 Å². The van der Waals surface area contributed by atoms with E-state index in [2.05, 4.69) is 6.92 Å². The fraction of sp³-hybridized carbons (Fsp3) is 0.857. The van der Waals surface area contributed by atoms with Gasteiger partial charge in [0.2, 0.25) is 0 Å². The van der Waals surface area contributed by atoms with E-state index in [1.807, 2.05) is 0 Å². The molecule has 0 rings (SSSR count). The van der Waals surface area contributed by atoms with Gasteiger partial charge in [-0.05, 0) is 6.42 Å². The van der Waals surface area contributed by atoms with Gasteiger partial charge >= 0.3 is 0 Å². The maximum Gasteiger partial charge on any atom is 0.0704 e. The molecule has 1 atom stereocenters. The van der Waals surface area contributed by atoms with Crippen molar-refractivity contribution in [3.8, 4) is 0 Å². The Labute approximate surface area is 72.6 Å². The molecule has 0 fully saturated rings. The molecule has 0 amide bonds. The van der Waals surface area contributed by atoms with Gasteiger partial charge in [-0.1, -0.05) is 13.3 Å². The molecule has 1 nitrogen and oxygen atoms in total. The summed E-state index contributed by atoms with van der Waals surface area (Å²) in [4.78, 5) is 0. The first-order valence-electron chi connectivity index (χ1n) is 3.38. The summed E-state index contributed by atoms with van der Waals surface area (Å²) in [6.07, 6.45) is 1.90. The number of alkyl halides is 2. The van der Waals surface area contributed by atoms with Crippen LogP contribution in [0, 0.1) is 6.92 Å². The minimum absolute atomic E-state index is 0.0496. The third-order valence-electron chi connectivity index (χ3n) is 1.00. The Morgan fingerprint density at radius 2 is 2.20 bits per heavy atom. The first-order chi connectivity index (χ1) is 4.81. The molecule has 0 aliphatic heterocycles. The Bertz CT molecular complexity index is 68.6. The van der Waals surface area contributed by atoms with Crippen LogP contribution in [-0.4, -0.2) is 24.5 Å². The second kappa shape index (κ2) is 7.64. The average molecular weight is 184 g/mol. The molecule has 1 radical (unpaired) electrons. The van der Waals surface area contributed by atoms with Gasteiger partial charge in [0.1, 0.15) is 0 Å². The molecule has 61 valence electrons. The van der Waals surface area contributed by atoms with Gasteiger partial charge in [0.25, 0.3) is 0 Å². The summed E-state index contributed by atoms with van der Waals surface area (Å²) in [6.45, 7) is 4.97. The van der Waals surface area contributed by atoms with Gasteiger partial charge in [-0.3, -0.25) is 0 Å². The van der Waals surface area contributed by atoms with Crippen LogP contribution in [0.15, 0.2) is 0 Å². The number of rotatable bonds is 6. The molecule has 0 N–H and O–H groups in total. The number of unbranched alkanes of at least 4 members (excludes halogenated alkanes) is 1. The standard InChI is InChI=1S/C7H13Cl2O/c1-2-3-4-10-6-7(9)5-8/h7H,1-6H2. The Morgan fingerprint density at radius 3 is 2.70 bits per heavy atom. The molecule has 0 aromatic heterocycles. The zero-order valence-corrected chi connectivity index (χ0v) is 7.50. The highest BCUT2D eigenvalue weighted by molar-refractivity contribution is 6.28. The number of hydrogen-bond donors (Lipinski definition) is 0. The lowest BCUT2D eigenvalue weighted by Gasteiger charge is -2.05. The quantitative estimate of drug-likeness (QED) is 0.455. The van der Waals surface area contributed by atoms with Crippen molar-refractivity contribution in [1.82, 2.24) is 0 Å². The largest absolute Gasteiger partial charge is 0.380 e. The van der Waals surface area contributed by atoms with E-state index < -0.39 is 0 Å². The summed E-state index contributed by atoms with van der Waals surface area (Å²) in [6, 6.07) is 0. The highest BCUT2D eigenvalue weighted by Gasteiger charge is 2.00. The second-order valence-electron chi connectivity index (χ2n) is 2.03. The summed E-state index contributed by atoms with van der Waals surface area (Å²) in [5.41, 5.74) is 0. The molecule has 0 spiro atoms. The third-order valence-corrected chi connectivity index (χ3v) is 1.82. The molecule has 0 bridgehead atoms. The fourth-order valence-corrected chi connectivity index (χ4v) is 0.638. The lowest BCUT2D eigenvalue weighted by Crippen LogP contribution is -2.10. The average Bonchev–Trinajstić information content (AvgIpc) is 1.98. The predicted molar refractivity (Wildman–Crippen MR) is 45.8 cm³/mol. The van der Waals surface area contributed by atoms with Crippen molar-refractivity contribution in [2.75, 3.05) is 19.1 Å². The van der Waals surface area contributed by atoms with E-state index in [1.165, 1.54) is 0 Å². The number of halogens is 2. The molecule has 0 aliphatic rings. The summed E-state index contributed by atoms with van der Waals surface area (Å²) < 4.78 is 5.17. The Balaban J connectivity index is 2.89. The van der Waals surface area contributed by atoms with Gasteiger partial charge in [0.15, 0.2) is 0 Å². The van der Waals surface area contributed by atoms with Crippen LogP contribution in [0.4, 0.5) is 0 Å². The van der Waals surface area contributed by atoms with Crippen molar-refractivity contribution in [2.45, 2.75) is 18.2 Å². The summed E-state index contributed by atoms with van der Waals surface area (Å²) in [5, 5.41) is -0.0496. The van der Waals surface area contributed by atoms with Crippen LogP contribution in [0.1, 0.15) is 12.8 Å². The molecule has 0 saturated carbocycles. The van der Waals surface area contributed by atoms with Crippen LogP contribution in [-0.2, 0) is 4.74 Å². The number of ether oxygens (including phenoxy) is 1. The topological polar surface area (TPSA) is 9.23 Å². The second-order valence-corrected chi connectivity index (χ2v) is 2.96. The Morgan fingerprint density at radius 1 is 1.50 bits per heavy atom. The lowest BCUT2D eigenvalue weighted by atomic mass is 10.4. The van der Waals surface area contributed by atoms with Crippen molar-refractivity contribution < 1.29 is 4.74 Å². The van der Waals surface area contributed by atoms with E-state index >= 15 is 0 Å². The van der Waals surface area contributed by atoms with Crippen molar-refractivity contribution >= 4 is 23.2 Å². The first-order valence-corrected chi connectivity index (χ1v) is 4.35. The van der Waals surface area contributed by atoms with Crippen LogP contribution in [0.3, 0.4) is 0 Å². The van der Waals surface area contributed by atoms with Gasteiger partial charge in [-0.25, -0.2) is 0 Å². The van der Waals surface area contributed by atoms with Crippen molar-refractivity contribution in [3.05, 3.63) is 6.92 Å². The molecular weight excluding hydrogens is 171 g/mol. The highest BCUT2D eigenvalue weighted by atomic mass is 35.5. The zero-order chi connectivity index (χ0) is 7.82. The third kappa shape index (κ3) is 6.66. The molecule has 0 aromatic rings. The maximum absolute atomic E-state index is 5.67. The van der Waals surface area contributed by atoms with Crippen LogP contribution >= 0.6 is 23.2 Å². The van der Waals surface area contributed by atoms with Crippen molar-refractivity contribution in [1.29, 1.82) is 0 Å². The van der Waals surface area contributed by atoms with E-state index in [9.17, 15) is 0 Å². The molecular formula is C7H13Cl2O. The molecule has 1 unspecified atom stereocenters. The fourth-order valence-electron chi connectivity index (χ4n) is 0.460. The summed E-state index contributed by atoms with van der Waals surface area (Å²) >= 11 is 11.1. The normalized spacial score (nSPS) is 13.5. The first kappa shape index (κ1) is 10.5. The summed E-state index contributed by atoms with van der Waals surface area (Å²) in [7, 11) is 0. The molecule has 0 aromatic carbocycles. The minimum Gasteiger partial charge on any atom is -0.380 e. The van der Waals surface area contributed by atoms with Crippen LogP contribution in [0.2, 0.25) is 0 Å². The van der Waals surface area contributed by atoms with Gasteiger partial charge in [0.05, 0.1) is 12.0 Å². The van der Waals surface area contributed by atoms with E-state index in [0.29, 0.717) is 12.5 Å². The van der Waals surface area contributed by atoms with Gasteiger partial charge in [-0.2, -0.15) is 0 Å². The van der Waals surface area contributed by atoms with Gasteiger partial charge in [0, 0.05) is 12.5 Å². The van der Waals surface area contributed by atoms with Crippen molar-refractivity contribution in [2.24, 2.45) is 0 Å². The summed E-state index contributed by atoms with van der Waals surface area (Å²) in [5.74, 6) is 0.450. The van der Waals surface area contributed by atoms with Gasteiger partial charge in [-0.15, -0.1) is 23.2 Å². The highest BCUT2D eigenvalue weighted by Crippen LogP contribution is 1.99. The van der Waals surface area contributed by atoms with Crippen LogP contribution in [0.5, 0.6) is 0 Å². The molecule has 3 heteroatoms. The Hall–Kier alpha value is 0.540. The molecule has 10 heavy (non-hydrogen) atoms. The van der Waals surface area contributed by atoms with Crippen LogP contribution < -0.4 is 0 Å². The predicted octanol–water partition coefficient (Wildman–Crippen LogP) is 2.46. The zero-order valence-electron chi connectivity index (χ0n) is 5.98. The van der Waals surface area contributed by atoms with E-state index in [1.54, 1.807) is 0 Å². The molecule has 0 saturated heterocycles. The Kier molecular flexibility index (Phi) is 8.06.